The van der Waals surface area contributed by atoms with Gasteiger partial charge in [0, 0.05) is 12.1 Å². The molecule has 1 aliphatic carbocycles. The maximum Gasteiger partial charge on any atom is 0.142 e. The lowest BCUT2D eigenvalue weighted by atomic mass is 9.84. The van der Waals surface area contributed by atoms with Gasteiger partial charge >= 0.3 is 0 Å². The van der Waals surface area contributed by atoms with Gasteiger partial charge in [-0.15, -0.1) is 0 Å². The lowest BCUT2D eigenvalue weighted by molar-refractivity contribution is 0.0894. The predicted molar refractivity (Wildman–Crippen MR) is 90.1 cm³/mol. The molecule has 21 heavy (non-hydrogen) atoms. The van der Waals surface area contributed by atoms with Gasteiger partial charge in [0.1, 0.15) is 11.9 Å². The molecule has 1 aromatic rings. The van der Waals surface area contributed by atoms with Crippen LogP contribution < -0.4 is 10.1 Å². The van der Waals surface area contributed by atoms with Gasteiger partial charge in [-0.25, -0.2) is 0 Å². The molecular weight excluding hydrogens is 282 g/mol. The molecule has 0 spiro atoms. The first-order chi connectivity index (χ1) is 10.3. The summed E-state index contributed by atoms with van der Waals surface area (Å²) in [5.74, 6) is 1.57. The number of hydrogen-bond acceptors (Lipinski definition) is 2. The molecule has 0 radical (unpaired) electrons. The summed E-state index contributed by atoms with van der Waals surface area (Å²) < 4.78 is 6.38. The Morgan fingerprint density at radius 3 is 2.81 bits per heavy atom. The van der Waals surface area contributed by atoms with Gasteiger partial charge in [-0.2, -0.15) is 0 Å². The Kier molecular flexibility index (Phi) is 6.85. The topological polar surface area (TPSA) is 21.3 Å². The Bertz CT molecular complexity index is 435. The van der Waals surface area contributed by atoms with Gasteiger partial charge in [0.2, 0.25) is 0 Å². The third-order valence-corrected chi connectivity index (χ3v) is 4.72. The highest BCUT2D eigenvalue weighted by Gasteiger charge is 2.26. The smallest absolute Gasteiger partial charge is 0.142 e. The first kappa shape index (κ1) is 16.6. The van der Waals surface area contributed by atoms with Crippen LogP contribution in [0.1, 0.15) is 57.9 Å². The summed E-state index contributed by atoms with van der Waals surface area (Å²) in [5.41, 5.74) is 1.18. The Balaban J connectivity index is 2.09. The van der Waals surface area contributed by atoms with Crippen LogP contribution in [0.15, 0.2) is 18.2 Å². The average molecular weight is 310 g/mol. The summed E-state index contributed by atoms with van der Waals surface area (Å²) >= 11 is 6.40. The van der Waals surface area contributed by atoms with Gasteiger partial charge in [-0.3, -0.25) is 0 Å². The fourth-order valence-electron chi connectivity index (χ4n) is 3.17. The molecule has 2 rings (SSSR count). The zero-order valence-electron chi connectivity index (χ0n) is 13.3. The molecule has 1 aromatic carbocycles. The fraction of sp³-hybridized carbons (Fsp3) is 0.667. The summed E-state index contributed by atoms with van der Waals surface area (Å²) in [6.07, 6.45) is 7.71. The van der Waals surface area contributed by atoms with Crippen molar-refractivity contribution < 1.29 is 4.74 Å². The largest absolute Gasteiger partial charge is 0.488 e. The maximum atomic E-state index is 6.40. The molecule has 0 saturated heterocycles. The third kappa shape index (κ3) is 4.62. The number of rotatable bonds is 7. The second-order valence-electron chi connectivity index (χ2n) is 6.01. The highest BCUT2D eigenvalue weighted by atomic mass is 35.5. The van der Waals surface area contributed by atoms with E-state index in [1.807, 2.05) is 12.1 Å². The lowest BCUT2D eigenvalue weighted by Gasteiger charge is -2.32. The zero-order chi connectivity index (χ0) is 15.1. The number of nitrogens with one attached hydrogen (secondary N) is 1. The maximum absolute atomic E-state index is 6.40. The van der Waals surface area contributed by atoms with Crippen LogP contribution in [0.4, 0.5) is 0 Å². The van der Waals surface area contributed by atoms with Crippen molar-refractivity contribution in [3.8, 4) is 5.75 Å². The molecule has 1 fully saturated rings. The van der Waals surface area contributed by atoms with Crippen LogP contribution in [0, 0.1) is 5.92 Å². The molecule has 0 amide bonds. The minimum Gasteiger partial charge on any atom is -0.488 e. The Hall–Kier alpha value is -0.730. The number of halogens is 1. The molecule has 0 bridgehead atoms. The number of para-hydroxylation sites is 1. The number of hydrogen-bond donors (Lipinski definition) is 1. The molecule has 0 heterocycles. The minimum atomic E-state index is 0.327. The molecule has 2 atom stereocenters. The van der Waals surface area contributed by atoms with E-state index in [-0.39, 0.29) is 0 Å². The normalized spacial score (nSPS) is 22.2. The van der Waals surface area contributed by atoms with Crippen molar-refractivity contribution in [2.24, 2.45) is 5.92 Å². The van der Waals surface area contributed by atoms with E-state index in [1.165, 1.54) is 31.2 Å². The monoisotopic (exact) mass is 309 g/mol. The molecule has 0 aliphatic heterocycles. The van der Waals surface area contributed by atoms with E-state index in [0.29, 0.717) is 12.0 Å². The molecule has 1 aliphatic rings. The van der Waals surface area contributed by atoms with E-state index in [1.54, 1.807) is 0 Å². The van der Waals surface area contributed by atoms with Gasteiger partial charge in [-0.05, 0) is 50.6 Å². The van der Waals surface area contributed by atoms with E-state index >= 15 is 0 Å². The van der Waals surface area contributed by atoms with Crippen LogP contribution in [0.3, 0.4) is 0 Å². The highest BCUT2D eigenvalue weighted by Crippen LogP contribution is 2.35. The van der Waals surface area contributed by atoms with Crippen molar-refractivity contribution in [2.45, 2.75) is 65.0 Å². The first-order valence-electron chi connectivity index (χ1n) is 8.41. The molecule has 0 aromatic heterocycles. The first-order valence-corrected chi connectivity index (χ1v) is 8.78. The Labute approximate surface area is 134 Å². The molecule has 3 heteroatoms. The fourth-order valence-corrected chi connectivity index (χ4v) is 3.41. The van der Waals surface area contributed by atoms with Gasteiger partial charge in [0.25, 0.3) is 0 Å². The summed E-state index contributed by atoms with van der Waals surface area (Å²) in [4.78, 5) is 0. The van der Waals surface area contributed by atoms with Crippen LogP contribution >= 0.6 is 11.6 Å². The quantitative estimate of drug-likeness (QED) is 0.700. The van der Waals surface area contributed by atoms with E-state index in [0.717, 1.165) is 36.7 Å². The van der Waals surface area contributed by atoms with Crippen LogP contribution in [-0.2, 0) is 6.54 Å². The van der Waals surface area contributed by atoms with E-state index in [2.05, 4.69) is 25.2 Å². The highest BCUT2D eigenvalue weighted by molar-refractivity contribution is 6.32. The second kappa shape index (κ2) is 8.65. The molecule has 118 valence electrons. The number of ether oxygens (including phenoxy) is 1. The van der Waals surface area contributed by atoms with Gasteiger partial charge in [0.05, 0.1) is 5.02 Å². The summed E-state index contributed by atoms with van der Waals surface area (Å²) in [6, 6.07) is 6.06. The van der Waals surface area contributed by atoms with Crippen molar-refractivity contribution in [3.63, 3.8) is 0 Å². The van der Waals surface area contributed by atoms with E-state index in [4.69, 9.17) is 16.3 Å². The van der Waals surface area contributed by atoms with Crippen LogP contribution in [-0.4, -0.2) is 12.6 Å². The molecule has 2 nitrogen and oxygen atoms in total. The molecule has 1 N–H and O–H groups in total. The molecule has 1 saturated carbocycles. The van der Waals surface area contributed by atoms with E-state index < -0.39 is 0 Å². The predicted octanol–water partition coefficient (Wildman–Crippen LogP) is 5.19. The second-order valence-corrected chi connectivity index (χ2v) is 6.42. The van der Waals surface area contributed by atoms with Crippen LogP contribution in [0.25, 0.3) is 0 Å². The summed E-state index contributed by atoms with van der Waals surface area (Å²) in [5, 5.41) is 4.18. The molecular formula is C18H28ClNO. The van der Waals surface area contributed by atoms with Gasteiger partial charge in [0.15, 0.2) is 0 Å². The zero-order valence-corrected chi connectivity index (χ0v) is 14.1. The van der Waals surface area contributed by atoms with Gasteiger partial charge in [-0.1, -0.05) is 44.0 Å². The summed E-state index contributed by atoms with van der Waals surface area (Å²) in [7, 11) is 0. The Morgan fingerprint density at radius 2 is 2.05 bits per heavy atom. The summed E-state index contributed by atoms with van der Waals surface area (Å²) in [6.45, 7) is 6.29. The SMILES string of the molecule is CCCNCc1cccc(Cl)c1OC1CCCCC1CC. The van der Waals surface area contributed by atoms with Crippen molar-refractivity contribution in [1.29, 1.82) is 0 Å². The molecule has 2 unspecified atom stereocenters. The van der Waals surface area contributed by atoms with E-state index in [9.17, 15) is 0 Å². The minimum absolute atomic E-state index is 0.327. The standard InChI is InChI=1S/C18H28ClNO/c1-3-12-20-13-15-9-7-10-16(19)18(15)21-17-11-6-5-8-14(17)4-2/h7,9-10,14,17,20H,3-6,8,11-13H2,1-2H3. The van der Waals surface area contributed by atoms with Gasteiger partial charge < -0.3 is 10.1 Å². The van der Waals surface area contributed by atoms with Crippen molar-refractivity contribution in [3.05, 3.63) is 28.8 Å². The van der Waals surface area contributed by atoms with Crippen molar-refractivity contribution in [1.82, 2.24) is 5.32 Å². The van der Waals surface area contributed by atoms with Crippen molar-refractivity contribution >= 4 is 11.6 Å². The van der Waals surface area contributed by atoms with Crippen LogP contribution in [0.2, 0.25) is 5.02 Å². The lowest BCUT2D eigenvalue weighted by Crippen LogP contribution is -2.30. The third-order valence-electron chi connectivity index (χ3n) is 4.42. The number of benzene rings is 1. The average Bonchev–Trinajstić information content (AvgIpc) is 2.51. The van der Waals surface area contributed by atoms with Crippen LogP contribution in [0.5, 0.6) is 5.75 Å². The van der Waals surface area contributed by atoms with Crippen molar-refractivity contribution in [2.75, 3.05) is 6.54 Å². The Morgan fingerprint density at radius 1 is 1.24 bits per heavy atom.